The number of ether oxygens (including phenoxy) is 1. The number of fused-ring (bicyclic) bond motifs is 5. The van der Waals surface area contributed by atoms with Crippen LogP contribution in [0.2, 0.25) is 0 Å². The molecule has 5 heterocycles. The quantitative estimate of drug-likeness (QED) is 0.155. The van der Waals surface area contributed by atoms with Crippen molar-refractivity contribution >= 4 is 10.9 Å². The Hall–Kier alpha value is -4.62. The van der Waals surface area contributed by atoms with Gasteiger partial charge in [0.1, 0.15) is 17.4 Å². The molecule has 0 bridgehead atoms. The van der Waals surface area contributed by atoms with Crippen molar-refractivity contribution in [3.63, 3.8) is 0 Å². The van der Waals surface area contributed by atoms with Gasteiger partial charge < -0.3 is 24.6 Å². The molecule has 1 fully saturated rings. The number of nitrogens with zero attached hydrogens (tertiary/aromatic N) is 3. The molecule has 8 rings (SSSR count). The number of hydrogen-bond acceptors (Lipinski definition) is 4. The third-order valence-corrected chi connectivity index (χ3v) is 9.64. The minimum atomic E-state index is -0.282. The molecular weight excluding hydrogens is 556 g/mol. The summed E-state index contributed by atoms with van der Waals surface area (Å²) in [6.45, 7) is 5.55. The highest BCUT2D eigenvalue weighted by Gasteiger charge is 2.30. The van der Waals surface area contributed by atoms with Gasteiger partial charge in [-0.25, -0.2) is 9.97 Å². The number of aromatic nitrogens is 5. The van der Waals surface area contributed by atoms with E-state index in [1.54, 1.807) is 0 Å². The maximum Gasteiger partial charge on any atom is 0.203 e. The third-order valence-electron chi connectivity index (χ3n) is 9.64. The number of aromatic amines is 2. The summed E-state index contributed by atoms with van der Waals surface area (Å²) in [5.74, 6) is 3.46. The van der Waals surface area contributed by atoms with E-state index >= 15 is 0 Å². The van der Waals surface area contributed by atoms with Crippen molar-refractivity contribution in [3.8, 4) is 39.5 Å². The summed E-state index contributed by atoms with van der Waals surface area (Å²) in [6, 6.07) is 26.4. The van der Waals surface area contributed by atoms with Gasteiger partial charge in [-0.05, 0) is 62.6 Å². The lowest BCUT2D eigenvalue weighted by Crippen LogP contribution is -2.22. The van der Waals surface area contributed by atoms with E-state index in [-0.39, 0.29) is 6.23 Å². The van der Waals surface area contributed by atoms with Crippen LogP contribution in [-0.2, 0) is 0 Å². The van der Waals surface area contributed by atoms with Crippen molar-refractivity contribution in [2.24, 2.45) is 0 Å². The van der Waals surface area contributed by atoms with E-state index in [1.807, 2.05) is 12.4 Å². The van der Waals surface area contributed by atoms with Crippen LogP contribution in [0.15, 0.2) is 85.2 Å². The molecule has 0 amide bonds. The number of unbranched alkanes of at least 4 members (excludes halogenated alkanes) is 1. The van der Waals surface area contributed by atoms with E-state index in [2.05, 4.69) is 106 Å². The molecule has 2 aliphatic heterocycles. The molecule has 1 saturated heterocycles. The smallest absolute Gasteiger partial charge is 0.203 e. The van der Waals surface area contributed by atoms with Crippen molar-refractivity contribution in [2.45, 2.75) is 70.6 Å². The SMILES string of the molecule is CCCC[C@H](CC)c1ncc(-c2ccc3c(c2)cc2n3[C@H](c3ccccc3)Oc3cc(-c4cnc([C@@H]5CCCN5)[nH]4)ccc3-2)[nH]1. The molecule has 0 radical (unpaired) electrons. The fourth-order valence-corrected chi connectivity index (χ4v) is 7.12. The Balaban J connectivity index is 1.19. The first-order valence-electron chi connectivity index (χ1n) is 16.5. The van der Waals surface area contributed by atoms with Crippen LogP contribution < -0.4 is 10.1 Å². The molecule has 228 valence electrons. The van der Waals surface area contributed by atoms with E-state index < -0.39 is 0 Å². The third kappa shape index (κ3) is 5.05. The number of H-pyrrole nitrogens is 2. The topological polar surface area (TPSA) is 83.5 Å². The van der Waals surface area contributed by atoms with Crippen LogP contribution in [0.5, 0.6) is 5.75 Å². The average Bonchev–Trinajstić information content (AvgIpc) is 3.91. The first-order valence-corrected chi connectivity index (χ1v) is 16.5. The van der Waals surface area contributed by atoms with Crippen molar-refractivity contribution in [3.05, 3.63) is 102 Å². The Morgan fingerprint density at radius 3 is 2.56 bits per heavy atom. The average molecular weight is 597 g/mol. The first-order chi connectivity index (χ1) is 22.2. The van der Waals surface area contributed by atoms with Gasteiger partial charge in [-0.1, -0.05) is 69.2 Å². The molecule has 0 unspecified atom stereocenters. The second kappa shape index (κ2) is 11.7. The normalized spacial score (nSPS) is 18.1. The minimum absolute atomic E-state index is 0.282. The highest BCUT2D eigenvalue weighted by Crippen LogP contribution is 2.46. The number of nitrogens with one attached hydrogen (secondary N) is 3. The summed E-state index contributed by atoms with van der Waals surface area (Å²) < 4.78 is 9.21. The first kappa shape index (κ1) is 27.9. The molecule has 7 nitrogen and oxygen atoms in total. The second-order valence-corrected chi connectivity index (χ2v) is 12.5. The molecule has 3 atom stereocenters. The molecule has 3 aromatic heterocycles. The predicted molar refractivity (Wildman–Crippen MR) is 180 cm³/mol. The minimum Gasteiger partial charge on any atom is -0.465 e. The highest BCUT2D eigenvalue weighted by molar-refractivity contribution is 5.92. The molecule has 6 aromatic rings. The van der Waals surface area contributed by atoms with Crippen molar-refractivity contribution in [2.75, 3.05) is 6.54 Å². The van der Waals surface area contributed by atoms with Gasteiger partial charge in [0.2, 0.25) is 6.23 Å². The lowest BCUT2D eigenvalue weighted by atomic mass is 9.99. The molecule has 0 saturated carbocycles. The van der Waals surface area contributed by atoms with Gasteiger partial charge in [0.05, 0.1) is 41.0 Å². The lowest BCUT2D eigenvalue weighted by molar-refractivity contribution is 0.173. The summed E-state index contributed by atoms with van der Waals surface area (Å²) in [5, 5.41) is 4.72. The molecule has 7 heteroatoms. The zero-order valence-corrected chi connectivity index (χ0v) is 26.0. The van der Waals surface area contributed by atoms with Crippen LogP contribution in [0.25, 0.3) is 44.7 Å². The number of imidazole rings is 2. The summed E-state index contributed by atoms with van der Waals surface area (Å²) >= 11 is 0. The zero-order chi connectivity index (χ0) is 30.3. The number of benzene rings is 3. The Morgan fingerprint density at radius 1 is 0.911 bits per heavy atom. The maximum absolute atomic E-state index is 6.87. The Morgan fingerprint density at radius 2 is 1.73 bits per heavy atom. The van der Waals surface area contributed by atoms with Crippen molar-refractivity contribution in [1.29, 1.82) is 0 Å². The van der Waals surface area contributed by atoms with Crippen LogP contribution in [0.3, 0.4) is 0 Å². The van der Waals surface area contributed by atoms with Gasteiger partial charge in [-0.3, -0.25) is 0 Å². The monoisotopic (exact) mass is 596 g/mol. The van der Waals surface area contributed by atoms with Gasteiger partial charge in [0.25, 0.3) is 0 Å². The van der Waals surface area contributed by atoms with Crippen LogP contribution in [-0.4, -0.2) is 31.0 Å². The Bertz CT molecular complexity index is 1940. The zero-order valence-electron chi connectivity index (χ0n) is 26.0. The van der Waals surface area contributed by atoms with Crippen LogP contribution >= 0.6 is 0 Å². The molecular formula is C38H40N6O. The van der Waals surface area contributed by atoms with E-state index in [9.17, 15) is 0 Å². The van der Waals surface area contributed by atoms with E-state index in [0.717, 1.165) is 81.6 Å². The van der Waals surface area contributed by atoms with Crippen LogP contribution in [0.1, 0.15) is 87.8 Å². The summed E-state index contributed by atoms with van der Waals surface area (Å²) in [6.07, 6.45) is 10.7. The standard InChI is InChI=1S/C38H40N6O/c1-3-5-10-24(4-2)36-40-22-31(42-36)26-15-17-33-28(19-26)20-34-29-16-14-27(32-23-41-37(43-32)30-13-9-18-39-30)21-35(29)45-38(44(33)34)25-11-7-6-8-12-25/h6-8,11-12,14-17,19-24,30,38-39H,3-5,9-10,13,18H2,1-2H3,(H,40,42)(H,41,43)/t24-,30-,38-/m0/s1. The Kier molecular flexibility index (Phi) is 7.26. The van der Waals surface area contributed by atoms with Gasteiger partial charge in [-0.2, -0.15) is 0 Å². The predicted octanol–water partition coefficient (Wildman–Crippen LogP) is 9.14. The highest BCUT2D eigenvalue weighted by atomic mass is 16.5. The summed E-state index contributed by atoms with van der Waals surface area (Å²) in [7, 11) is 0. The number of hydrogen-bond donors (Lipinski definition) is 3. The fourth-order valence-electron chi connectivity index (χ4n) is 7.12. The van der Waals surface area contributed by atoms with Crippen LogP contribution in [0.4, 0.5) is 0 Å². The van der Waals surface area contributed by atoms with Gasteiger partial charge in [-0.15, -0.1) is 0 Å². The lowest BCUT2D eigenvalue weighted by Gasteiger charge is -2.30. The fraction of sp³-hybridized carbons (Fsp3) is 0.316. The molecule has 0 spiro atoms. The van der Waals surface area contributed by atoms with Gasteiger partial charge in [0, 0.05) is 33.6 Å². The maximum atomic E-state index is 6.87. The van der Waals surface area contributed by atoms with Crippen LogP contribution in [0, 0.1) is 0 Å². The van der Waals surface area contributed by atoms with E-state index in [4.69, 9.17) is 14.7 Å². The molecule has 3 aromatic carbocycles. The van der Waals surface area contributed by atoms with Gasteiger partial charge in [0.15, 0.2) is 0 Å². The molecule has 3 N–H and O–H groups in total. The van der Waals surface area contributed by atoms with E-state index in [1.165, 1.54) is 31.1 Å². The largest absolute Gasteiger partial charge is 0.465 e. The van der Waals surface area contributed by atoms with E-state index in [0.29, 0.717) is 12.0 Å². The second-order valence-electron chi connectivity index (χ2n) is 12.5. The summed E-state index contributed by atoms with van der Waals surface area (Å²) in [4.78, 5) is 16.7. The van der Waals surface area contributed by atoms with Crippen molar-refractivity contribution < 1.29 is 4.74 Å². The summed E-state index contributed by atoms with van der Waals surface area (Å²) in [5.41, 5.74) is 8.80. The number of rotatable bonds is 9. The molecule has 45 heavy (non-hydrogen) atoms. The van der Waals surface area contributed by atoms with Gasteiger partial charge >= 0.3 is 0 Å². The molecule has 0 aliphatic carbocycles. The Labute approximate surface area is 264 Å². The van der Waals surface area contributed by atoms with Crippen molar-refractivity contribution in [1.82, 2.24) is 29.8 Å². The molecule has 2 aliphatic rings.